The molecule has 1 aliphatic rings. The molecular formula is C13H14N2O3. The zero-order valence-electron chi connectivity index (χ0n) is 9.80. The van der Waals surface area contributed by atoms with Gasteiger partial charge in [0.05, 0.1) is 0 Å². The number of anilines is 1. The van der Waals surface area contributed by atoms with E-state index in [4.69, 9.17) is 5.11 Å². The summed E-state index contributed by atoms with van der Waals surface area (Å²) >= 11 is 0. The molecule has 5 heteroatoms. The van der Waals surface area contributed by atoms with Crippen molar-refractivity contribution in [3.63, 3.8) is 0 Å². The van der Waals surface area contributed by atoms with Gasteiger partial charge in [0.1, 0.15) is 6.54 Å². The van der Waals surface area contributed by atoms with E-state index in [2.05, 4.69) is 22.4 Å². The molecule has 0 unspecified atom stereocenters. The number of nitrogens with one attached hydrogen (secondary N) is 1. The topological polar surface area (TPSA) is 69.6 Å². The van der Waals surface area contributed by atoms with Crippen LogP contribution in [0.1, 0.15) is 10.4 Å². The number of hydrogen-bond donors (Lipinski definition) is 2. The van der Waals surface area contributed by atoms with Gasteiger partial charge >= 0.3 is 5.97 Å². The highest BCUT2D eigenvalue weighted by atomic mass is 16.4. The molecule has 0 spiro atoms. The number of amides is 1. The van der Waals surface area contributed by atoms with Crippen molar-refractivity contribution >= 4 is 17.6 Å². The van der Waals surface area contributed by atoms with Gasteiger partial charge in [-0.15, -0.1) is 0 Å². The first-order valence-corrected chi connectivity index (χ1v) is 5.67. The number of carboxylic acid groups (broad SMARTS) is 1. The molecule has 5 nitrogen and oxygen atoms in total. The smallest absolute Gasteiger partial charge is 0.322 e. The number of aliphatic carboxylic acids is 1. The fourth-order valence-corrected chi connectivity index (χ4v) is 1.77. The minimum atomic E-state index is -1.05. The van der Waals surface area contributed by atoms with Crippen LogP contribution in [-0.4, -0.2) is 36.6 Å². The lowest BCUT2D eigenvalue weighted by molar-refractivity contribution is -0.135. The maximum atomic E-state index is 11.6. The molecule has 0 fully saturated rings. The van der Waals surface area contributed by atoms with Gasteiger partial charge in [0.2, 0.25) is 0 Å². The van der Waals surface area contributed by atoms with Crippen molar-refractivity contribution in [3.8, 4) is 0 Å². The van der Waals surface area contributed by atoms with E-state index in [1.807, 2.05) is 12.1 Å². The van der Waals surface area contributed by atoms with Crippen LogP contribution in [-0.2, 0) is 4.79 Å². The first-order chi connectivity index (χ1) is 8.66. The second-order valence-corrected chi connectivity index (χ2v) is 4.00. The quantitative estimate of drug-likeness (QED) is 0.774. The summed E-state index contributed by atoms with van der Waals surface area (Å²) in [5.74, 6) is -1.42. The molecular weight excluding hydrogens is 232 g/mol. The molecule has 0 radical (unpaired) electrons. The van der Waals surface area contributed by atoms with E-state index in [1.165, 1.54) is 0 Å². The van der Waals surface area contributed by atoms with Crippen LogP contribution in [0.5, 0.6) is 0 Å². The summed E-state index contributed by atoms with van der Waals surface area (Å²) in [5.41, 5.74) is 1.52. The van der Waals surface area contributed by atoms with Crippen LogP contribution in [0.4, 0.5) is 5.69 Å². The highest BCUT2D eigenvalue weighted by Gasteiger charge is 2.10. The second-order valence-electron chi connectivity index (χ2n) is 4.00. The Balaban J connectivity index is 1.98. The Bertz CT molecular complexity index is 472. The number of hydrogen-bond acceptors (Lipinski definition) is 3. The van der Waals surface area contributed by atoms with E-state index in [1.54, 1.807) is 12.1 Å². The predicted octanol–water partition coefficient (Wildman–Crippen LogP) is 0.877. The number of carbonyl (C=O) groups excluding carboxylic acids is 1. The summed E-state index contributed by atoms with van der Waals surface area (Å²) in [5, 5.41) is 10.8. The Morgan fingerprint density at radius 1 is 1.17 bits per heavy atom. The minimum absolute atomic E-state index is 0.364. The highest BCUT2D eigenvalue weighted by molar-refractivity contribution is 5.96. The lowest BCUT2D eigenvalue weighted by Gasteiger charge is -2.17. The SMILES string of the molecule is O=C(O)CNC(=O)c1ccc(N2CC=CC2)cc1. The molecule has 0 atom stereocenters. The summed E-state index contributed by atoms with van der Waals surface area (Å²) in [4.78, 5) is 24.1. The predicted molar refractivity (Wildman–Crippen MR) is 67.8 cm³/mol. The van der Waals surface area contributed by atoms with E-state index in [-0.39, 0.29) is 12.5 Å². The van der Waals surface area contributed by atoms with Crippen LogP contribution in [0, 0.1) is 0 Å². The zero-order valence-corrected chi connectivity index (χ0v) is 9.80. The van der Waals surface area contributed by atoms with Crippen LogP contribution >= 0.6 is 0 Å². The van der Waals surface area contributed by atoms with E-state index >= 15 is 0 Å². The van der Waals surface area contributed by atoms with Gasteiger partial charge in [0.25, 0.3) is 5.91 Å². The van der Waals surface area contributed by atoms with Gasteiger partial charge in [-0.2, -0.15) is 0 Å². The van der Waals surface area contributed by atoms with E-state index in [9.17, 15) is 9.59 Å². The van der Waals surface area contributed by atoms with E-state index in [0.29, 0.717) is 5.56 Å². The van der Waals surface area contributed by atoms with Gasteiger partial charge in [-0.25, -0.2) is 0 Å². The van der Waals surface area contributed by atoms with Crippen molar-refractivity contribution in [2.24, 2.45) is 0 Å². The molecule has 94 valence electrons. The Kier molecular flexibility index (Phi) is 3.62. The maximum Gasteiger partial charge on any atom is 0.322 e. The molecule has 1 heterocycles. The number of nitrogens with zero attached hydrogens (tertiary/aromatic N) is 1. The standard InChI is InChI=1S/C13H14N2O3/c16-12(17)9-14-13(18)10-3-5-11(6-4-10)15-7-1-2-8-15/h1-6H,7-9H2,(H,14,18)(H,16,17). The zero-order chi connectivity index (χ0) is 13.0. The fourth-order valence-electron chi connectivity index (χ4n) is 1.77. The molecule has 0 aromatic heterocycles. The van der Waals surface area contributed by atoms with Crippen molar-refractivity contribution < 1.29 is 14.7 Å². The van der Waals surface area contributed by atoms with Gasteiger partial charge in [-0.05, 0) is 24.3 Å². The first kappa shape index (κ1) is 12.2. The third-order valence-electron chi connectivity index (χ3n) is 2.71. The third-order valence-corrected chi connectivity index (χ3v) is 2.71. The van der Waals surface area contributed by atoms with Gasteiger partial charge in [-0.1, -0.05) is 12.2 Å². The second kappa shape index (κ2) is 5.35. The Morgan fingerprint density at radius 3 is 2.33 bits per heavy atom. The molecule has 0 bridgehead atoms. The molecule has 1 aromatic carbocycles. The van der Waals surface area contributed by atoms with Gasteiger partial charge in [0.15, 0.2) is 0 Å². The number of carboxylic acids is 1. The van der Waals surface area contributed by atoms with Gasteiger partial charge in [-0.3, -0.25) is 9.59 Å². The normalized spacial score (nSPS) is 13.7. The largest absolute Gasteiger partial charge is 0.480 e. The highest BCUT2D eigenvalue weighted by Crippen LogP contribution is 2.17. The van der Waals surface area contributed by atoms with E-state index < -0.39 is 5.97 Å². The molecule has 0 aliphatic carbocycles. The van der Waals surface area contributed by atoms with Crippen molar-refractivity contribution in [1.29, 1.82) is 0 Å². The Hall–Kier alpha value is -2.30. The Morgan fingerprint density at radius 2 is 1.78 bits per heavy atom. The van der Waals surface area contributed by atoms with Crippen LogP contribution in [0.15, 0.2) is 36.4 Å². The van der Waals surface area contributed by atoms with Crippen molar-refractivity contribution in [2.45, 2.75) is 0 Å². The van der Waals surface area contributed by atoms with Crippen LogP contribution < -0.4 is 10.2 Å². The van der Waals surface area contributed by atoms with Gasteiger partial charge in [0, 0.05) is 24.3 Å². The molecule has 0 saturated heterocycles. The third kappa shape index (κ3) is 2.88. The molecule has 1 aromatic rings. The minimum Gasteiger partial charge on any atom is -0.480 e. The van der Waals surface area contributed by atoms with Crippen molar-refractivity contribution in [3.05, 3.63) is 42.0 Å². The van der Waals surface area contributed by atoms with Crippen molar-refractivity contribution in [2.75, 3.05) is 24.5 Å². The summed E-state index contributed by atoms with van der Waals surface area (Å²) in [6.07, 6.45) is 4.18. The summed E-state index contributed by atoms with van der Waals surface area (Å²) in [6, 6.07) is 7.13. The van der Waals surface area contributed by atoms with Crippen LogP contribution in [0.3, 0.4) is 0 Å². The molecule has 2 rings (SSSR count). The average molecular weight is 246 g/mol. The summed E-state index contributed by atoms with van der Waals surface area (Å²) in [7, 11) is 0. The van der Waals surface area contributed by atoms with E-state index in [0.717, 1.165) is 18.8 Å². The molecule has 18 heavy (non-hydrogen) atoms. The summed E-state index contributed by atoms with van der Waals surface area (Å²) in [6.45, 7) is 1.39. The lowest BCUT2D eigenvalue weighted by atomic mass is 10.2. The van der Waals surface area contributed by atoms with Crippen molar-refractivity contribution in [1.82, 2.24) is 5.32 Å². The fraction of sp³-hybridized carbons (Fsp3) is 0.231. The maximum absolute atomic E-state index is 11.6. The Labute approximate surface area is 105 Å². The van der Waals surface area contributed by atoms with Crippen LogP contribution in [0.2, 0.25) is 0 Å². The molecule has 0 saturated carbocycles. The first-order valence-electron chi connectivity index (χ1n) is 5.67. The number of benzene rings is 1. The molecule has 1 aliphatic heterocycles. The lowest BCUT2D eigenvalue weighted by Crippen LogP contribution is -2.29. The molecule has 2 N–H and O–H groups in total. The molecule has 1 amide bonds. The van der Waals surface area contributed by atoms with Crippen LogP contribution in [0.25, 0.3) is 0 Å². The van der Waals surface area contributed by atoms with Gasteiger partial charge < -0.3 is 15.3 Å². The summed E-state index contributed by atoms with van der Waals surface area (Å²) < 4.78 is 0. The monoisotopic (exact) mass is 246 g/mol. The average Bonchev–Trinajstić information content (AvgIpc) is 2.90. The number of carbonyl (C=O) groups is 2. The number of rotatable bonds is 4.